The first-order valence-corrected chi connectivity index (χ1v) is 9.83. The lowest BCUT2D eigenvalue weighted by atomic mass is 10.2. The van der Waals surface area contributed by atoms with Gasteiger partial charge in [-0.05, 0) is 36.8 Å². The van der Waals surface area contributed by atoms with Gasteiger partial charge in [-0.25, -0.2) is 0 Å². The summed E-state index contributed by atoms with van der Waals surface area (Å²) in [5, 5.41) is 11.5. The summed E-state index contributed by atoms with van der Waals surface area (Å²) < 4.78 is 2.19. The van der Waals surface area contributed by atoms with Crippen molar-refractivity contribution in [1.29, 1.82) is 0 Å². The van der Waals surface area contributed by atoms with Crippen molar-refractivity contribution in [3.05, 3.63) is 27.7 Å². The molecule has 7 heteroatoms. The molecule has 2 aromatic heterocycles. The van der Waals surface area contributed by atoms with Crippen LogP contribution in [0.15, 0.2) is 16.6 Å². The minimum atomic E-state index is 0.133. The fraction of sp³-hybridized carbons (Fsp3) is 0.562. The molecule has 5 nitrogen and oxygen atoms in total. The maximum atomic E-state index is 12.4. The molecule has 1 aliphatic heterocycles. The highest BCUT2D eigenvalue weighted by Crippen LogP contribution is 2.23. The maximum Gasteiger partial charge on any atom is 0.233 e. The first-order chi connectivity index (χ1) is 11.1. The molecule has 0 unspecified atom stereocenters. The molecule has 0 aromatic carbocycles. The molecule has 0 N–H and O–H groups in total. The number of carbonyl (C=O) groups is 1. The van der Waals surface area contributed by atoms with Gasteiger partial charge in [-0.3, -0.25) is 4.79 Å². The second-order valence-electron chi connectivity index (χ2n) is 5.93. The molecule has 0 aliphatic carbocycles. The number of thiophene rings is 1. The van der Waals surface area contributed by atoms with Crippen LogP contribution in [-0.2, 0) is 24.3 Å². The molecule has 3 rings (SSSR count). The van der Waals surface area contributed by atoms with Gasteiger partial charge in [0.15, 0.2) is 5.16 Å². The minimum Gasteiger partial charge on any atom is -0.340 e. The van der Waals surface area contributed by atoms with Gasteiger partial charge in [0.2, 0.25) is 5.91 Å². The fourth-order valence-electron chi connectivity index (χ4n) is 2.67. The summed E-state index contributed by atoms with van der Waals surface area (Å²) in [6.45, 7) is 3.74. The molecular formula is C16H22N4OS2. The number of aryl methyl sites for hydroxylation is 2. The average Bonchev–Trinajstić information content (AvgIpc) is 3.03. The Labute approximate surface area is 145 Å². The van der Waals surface area contributed by atoms with Crippen molar-refractivity contribution < 1.29 is 4.79 Å². The molecule has 1 aliphatic rings. The van der Waals surface area contributed by atoms with Crippen LogP contribution in [0.4, 0.5) is 0 Å². The Kier molecular flexibility index (Phi) is 5.38. The molecule has 0 atom stereocenters. The third-order valence-corrected chi connectivity index (χ3v) is 6.13. The Morgan fingerprint density at radius 1 is 1.39 bits per heavy atom. The van der Waals surface area contributed by atoms with E-state index in [1.165, 1.54) is 41.5 Å². The molecule has 0 spiro atoms. The fourth-order valence-corrected chi connectivity index (χ4v) is 4.55. The smallest absolute Gasteiger partial charge is 0.233 e. The summed E-state index contributed by atoms with van der Waals surface area (Å²) >= 11 is 3.21. The first-order valence-electron chi connectivity index (χ1n) is 7.97. The lowest BCUT2D eigenvalue weighted by molar-refractivity contribution is -0.127. The van der Waals surface area contributed by atoms with Crippen molar-refractivity contribution in [2.24, 2.45) is 0 Å². The highest BCUT2D eigenvalue weighted by atomic mass is 32.2. The monoisotopic (exact) mass is 350 g/mol. The van der Waals surface area contributed by atoms with Crippen LogP contribution in [0, 0.1) is 6.92 Å². The van der Waals surface area contributed by atoms with Crippen LogP contribution in [0.1, 0.15) is 35.5 Å². The maximum absolute atomic E-state index is 12.4. The Morgan fingerprint density at radius 3 is 3.04 bits per heavy atom. The van der Waals surface area contributed by atoms with E-state index in [0.29, 0.717) is 12.3 Å². The molecule has 0 radical (unpaired) electrons. The summed E-state index contributed by atoms with van der Waals surface area (Å²) in [4.78, 5) is 15.4. The van der Waals surface area contributed by atoms with Gasteiger partial charge in [-0.1, -0.05) is 18.2 Å². The summed E-state index contributed by atoms with van der Waals surface area (Å²) in [6.07, 6.45) is 4.60. The number of hydrogen-bond acceptors (Lipinski definition) is 5. The molecule has 23 heavy (non-hydrogen) atoms. The number of thioether (sulfide) groups is 1. The summed E-state index contributed by atoms with van der Waals surface area (Å²) in [5.74, 6) is 1.62. The van der Waals surface area contributed by atoms with E-state index in [-0.39, 0.29) is 5.91 Å². The van der Waals surface area contributed by atoms with Gasteiger partial charge in [-0.2, -0.15) is 0 Å². The number of rotatable bonds is 5. The van der Waals surface area contributed by atoms with Gasteiger partial charge < -0.3 is 9.47 Å². The van der Waals surface area contributed by atoms with Gasteiger partial charge in [0.05, 0.1) is 12.3 Å². The molecule has 0 bridgehead atoms. The molecule has 0 saturated heterocycles. The van der Waals surface area contributed by atoms with Crippen LogP contribution >= 0.6 is 23.1 Å². The number of aromatic nitrogens is 3. The third-order valence-electron chi connectivity index (χ3n) is 4.18. The van der Waals surface area contributed by atoms with Crippen molar-refractivity contribution in [1.82, 2.24) is 19.7 Å². The number of amides is 1. The van der Waals surface area contributed by atoms with E-state index in [4.69, 9.17) is 0 Å². The van der Waals surface area contributed by atoms with Gasteiger partial charge in [0.1, 0.15) is 5.82 Å². The summed E-state index contributed by atoms with van der Waals surface area (Å²) in [5.41, 5.74) is 1.25. The van der Waals surface area contributed by atoms with Gasteiger partial charge in [-0.15, -0.1) is 21.5 Å². The lowest BCUT2D eigenvalue weighted by Crippen LogP contribution is -2.27. The standard InChI is InChI=1S/C16H22N4OS2/c1-12-7-9-22-13(12)10-19(2)15(21)11-23-16-18-17-14-6-4-3-5-8-20(14)16/h7,9H,3-6,8,10-11H2,1-2H3. The van der Waals surface area contributed by atoms with Crippen molar-refractivity contribution in [2.45, 2.75) is 50.9 Å². The van der Waals surface area contributed by atoms with E-state index in [9.17, 15) is 4.79 Å². The Hall–Kier alpha value is -1.34. The second kappa shape index (κ2) is 7.49. The molecule has 0 saturated carbocycles. The molecule has 124 valence electrons. The Balaban J connectivity index is 1.57. The zero-order valence-electron chi connectivity index (χ0n) is 13.6. The van der Waals surface area contributed by atoms with Crippen molar-refractivity contribution >= 4 is 29.0 Å². The predicted octanol–water partition coefficient (Wildman–Crippen LogP) is 3.13. The number of fused-ring (bicyclic) bond motifs is 1. The summed E-state index contributed by atoms with van der Waals surface area (Å²) in [6, 6.07) is 2.10. The van der Waals surface area contributed by atoms with Gasteiger partial charge in [0.25, 0.3) is 0 Å². The molecular weight excluding hydrogens is 328 g/mol. The average molecular weight is 351 g/mol. The van der Waals surface area contributed by atoms with E-state index >= 15 is 0 Å². The topological polar surface area (TPSA) is 51.0 Å². The van der Waals surface area contributed by atoms with Gasteiger partial charge in [0, 0.05) is 24.9 Å². The van der Waals surface area contributed by atoms with Gasteiger partial charge >= 0.3 is 0 Å². The lowest BCUT2D eigenvalue weighted by Gasteiger charge is -2.16. The SMILES string of the molecule is Cc1ccsc1CN(C)C(=O)CSc1nnc2n1CCCCC2. The van der Waals surface area contributed by atoms with Crippen LogP contribution in [-0.4, -0.2) is 38.4 Å². The van der Waals surface area contributed by atoms with Crippen molar-refractivity contribution in [3.8, 4) is 0 Å². The molecule has 2 aromatic rings. The molecule has 3 heterocycles. The molecule has 1 amide bonds. The Bertz CT molecular complexity index is 679. The van der Waals surface area contributed by atoms with Crippen molar-refractivity contribution in [3.63, 3.8) is 0 Å². The van der Waals surface area contributed by atoms with Crippen LogP contribution in [0.3, 0.4) is 0 Å². The number of carbonyl (C=O) groups excluding carboxylic acids is 1. The van der Waals surface area contributed by atoms with E-state index in [0.717, 1.165) is 23.9 Å². The summed E-state index contributed by atoms with van der Waals surface area (Å²) in [7, 11) is 1.87. The third kappa shape index (κ3) is 3.95. The van der Waals surface area contributed by atoms with Crippen LogP contribution in [0.2, 0.25) is 0 Å². The predicted molar refractivity (Wildman–Crippen MR) is 93.8 cm³/mol. The van der Waals surface area contributed by atoms with E-state index in [2.05, 4.69) is 33.1 Å². The van der Waals surface area contributed by atoms with E-state index < -0.39 is 0 Å². The second-order valence-corrected chi connectivity index (χ2v) is 7.87. The first kappa shape index (κ1) is 16.5. The highest BCUT2D eigenvalue weighted by molar-refractivity contribution is 7.99. The number of hydrogen-bond donors (Lipinski definition) is 0. The van der Waals surface area contributed by atoms with Crippen molar-refractivity contribution in [2.75, 3.05) is 12.8 Å². The molecule has 0 fully saturated rings. The van der Waals surface area contributed by atoms with Crippen LogP contribution in [0.5, 0.6) is 0 Å². The zero-order valence-corrected chi connectivity index (χ0v) is 15.3. The van der Waals surface area contributed by atoms with E-state index in [1.54, 1.807) is 16.2 Å². The normalized spacial score (nSPS) is 14.3. The zero-order chi connectivity index (χ0) is 16.2. The largest absolute Gasteiger partial charge is 0.340 e. The van der Waals surface area contributed by atoms with E-state index in [1.807, 2.05) is 7.05 Å². The van der Waals surface area contributed by atoms with Crippen LogP contribution in [0.25, 0.3) is 0 Å². The number of nitrogens with zero attached hydrogens (tertiary/aromatic N) is 4. The Morgan fingerprint density at radius 2 is 2.26 bits per heavy atom. The quantitative estimate of drug-likeness (QED) is 0.778. The van der Waals surface area contributed by atoms with Crippen LogP contribution < -0.4 is 0 Å². The highest BCUT2D eigenvalue weighted by Gasteiger charge is 2.17. The minimum absolute atomic E-state index is 0.133.